The first kappa shape index (κ1) is 22.4. The molecular formula is C18H24ClN3O5. The number of rotatable bonds is 9. The van der Waals surface area contributed by atoms with E-state index in [2.05, 4.69) is 16.0 Å². The van der Waals surface area contributed by atoms with Crippen LogP contribution in [-0.2, 0) is 19.1 Å². The number of carbonyl (C=O) groups is 4. The monoisotopic (exact) mass is 397 g/mol. The second-order valence-electron chi connectivity index (χ2n) is 6.22. The van der Waals surface area contributed by atoms with Gasteiger partial charge in [-0.25, -0.2) is 4.79 Å². The highest BCUT2D eigenvalue weighted by atomic mass is 35.5. The molecule has 0 saturated heterocycles. The minimum absolute atomic E-state index is 0.107. The molecule has 0 aliphatic heterocycles. The maximum absolute atomic E-state index is 12.3. The lowest BCUT2D eigenvalue weighted by Crippen LogP contribution is -2.44. The van der Waals surface area contributed by atoms with Gasteiger partial charge in [0.15, 0.2) is 6.61 Å². The minimum atomic E-state index is -0.903. The van der Waals surface area contributed by atoms with Crippen molar-refractivity contribution < 1.29 is 23.9 Å². The van der Waals surface area contributed by atoms with Gasteiger partial charge in [0, 0.05) is 17.6 Å². The van der Waals surface area contributed by atoms with Crippen LogP contribution < -0.4 is 16.0 Å². The number of carbonyl (C=O) groups excluding carboxylic acids is 4. The normalized spacial score (nSPS) is 11.4. The van der Waals surface area contributed by atoms with Crippen LogP contribution in [0.5, 0.6) is 0 Å². The Kier molecular flexibility index (Phi) is 9.29. The summed E-state index contributed by atoms with van der Waals surface area (Å²) in [5, 5.41) is 7.77. The molecule has 3 amide bonds. The van der Waals surface area contributed by atoms with Crippen molar-refractivity contribution in [1.29, 1.82) is 0 Å². The summed E-state index contributed by atoms with van der Waals surface area (Å²) in [4.78, 5) is 47.3. The first-order chi connectivity index (χ1) is 12.7. The van der Waals surface area contributed by atoms with E-state index in [-0.39, 0.29) is 18.4 Å². The van der Waals surface area contributed by atoms with Crippen molar-refractivity contribution >= 4 is 35.3 Å². The number of benzene rings is 1. The van der Waals surface area contributed by atoms with Gasteiger partial charge in [0.2, 0.25) is 5.91 Å². The van der Waals surface area contributed by atoms with Crippen LogP contribution >= 0.6 is 11.6 Å². The predicted octanol–water partition coefficient (Wildman–Crippen LogP) is 0.890. The lowest BCUT2D eigenvalue weighted by atomic mass is 10.0. The van der Waals surface area contributed by atoms with E-state index < -0.39 is 30.4 Å². The molecule has 0 radical (unpaired) electrons. The van der Waals surface area contributed by atoms with Crippen LogP contribution in [0.4, 0.5) is 0 Å². The zero-order chi connectivity index (χ0) is 20.4. The van der Waals surface area contributed by atoms with Gasteiger partial charge >= 0.3 is 5.97 Å². The number of likely N-dealkylation sites (N-methyl/N-ethyl adjacent to an activating group) is 1. The Morgan fingerprint density at radius 3 is 2.26 bits per heavy atom. The average Bonchev–Trinajstić information content (AvgIpc) is 2.63. The molecule has 0 aliphatic rings. The fourth-order valence-corrected chi connectivity index (χ4v) is 2.21. The van der Waals surface area contributed by atoms with E-state index in [1.807, 2.05) is 13.8 Å². The number of amides is 3. The summed E-state index contributed by atoms with van der Waals surface area (Å²) in [5.41, 5.74) is 0.351. The molecular weight excluding hydrogens is 374 g/mol. The summed E-state index contributed by atoms with van der Waals surface area (Å²) in [6, 6.07) is 5.33. The molecule has 1 aromatic rings. The van der Waals surface area contributed by atoms with Gasteiger partial charge in [0.25, 0.3) is 11.8 Å². The highest BCUT2D eigenvalue weighted by Crippen LogP contribution is 2.11. The van der Waals surface area contributed by atoms with Crippen LogP contribution in [-0.4, -0.2) is 49.9 Å². The molecule has 8 nitrogen and oxygen atoms in total. The summed E-state index contributed by atoms with van der Waals surface area (Å²) in [5.74, 6) is -2.04. The Bertz CT molecular complexity index is 676. The summed E-state index contributed by atoms with van der Waals surface area (Å²) >= 11 is 5.80. The minimum Gasteiger partial charge on any atom is -0.454 e. The third-order valence-corrected chi connectivity index (χ3v) is 3.73. The molecule has 0 aromatic heterocycles. The van der Waals surface area contributed by atoms with Crippen LogP contribution in [0.15, 0.2) is 24.3 Å². The molecule has 3 N–H and O–H groups in total. The second-order valence-corrected chi connectivity index (χ2v) is 6.66. The van der Waals surface area contributed by atoms with Crippen LogP contribution in [0.2, 0.25) is 5.02 Å². The zero-order valence-corrected chi connectivity index (χ0v) is 16.3. The molecule has 9 heteroatoms. The number of nitrogens with one attached hydrogen (secondary N) is 3. The average molecular weight is 398 g/mol. The molecule has 1 atom stereocenters. The van der Waals surface area contributed by atoms with Crippen molar-refractivity contribution in [2.45, 2.75) is 26.3 Å². The fraction of sp³-hybridized carbons (Fsp3) is 0.444. The Morgan fingerprint density at radius 1 is 1.07 bits per heavy atom. The number of esters is 1. The number of ether oxygens (including phenoxy) is 1. The standard InChI is InChI=1S/C18H24ClN3O5/c1-11(2)8-14(22-17(25)12-4-6-13(19)7-5-12)18(26)27-10-16(24)21-9-15(23)20-3/h4-7,11,14H,8-10H2,1-3H3,(H,20,23)(H,21,24)(H,22,25)/t14-/m0/s1. The Labute approximate surface area is 163 Å². The van der Waals surface area contributed by atoms with Crippen molar-refractivity contribution in [3.05, 3.63) is 34.9 Å². The number of hydrogen-bond donors (Lipinski definition) is 3. The van der Waals surface area contributed by atoms with Crippen LogP contribution in [0.1, 0.15) is 30.6 Å². The van der Waals surface area contributed by atoms with Crippen molar-refractivity contribution in [2.24, 2.45) is 5.92 Å². The van der Waals surface area contributed by atoms with E-state index in [9.17, 15) is 19.2 Å². The van der Waals surface area contributed by atoms with E-state index in [0.29, 0.717) is 17.0 Å². The van der Waals surface area contributed by atoms with Crippen molar-refractivity contribution in [3.63, 3.8) is 0 Å². The third kappa shape index (κ3) is 8.54. The summed E-state index contributed by atoms with van der Waals surface area (Å²) in [6.07, 6.45) is 0.345. The SMILES string of the molecule is CNC(=O)CNC(=O)COC(=O)[C@H](CC(C)C)NC(=O)c1ccc(Cl)cc1. The largest absolute Gasteiger partial charge is 0.454 e. The Balaban J connectivity index is 2.62. The van der Waals surface area contributed by atoms with Gasteiger partial charge in [0.05, 0.1) is 6.54 Å². The molecule has 1 aromatic carbocycles. The molecule has 0 unspecified atom stereocenters. The second kappa shape index (κ2) is 11.2. The van der Waals surface area contributed by atoms with Gasteiger partial charge in [-0.3, -0.25) is 14.4 Å². The summed E-state index contributed by atoms with van der Waals surface area (Å²) in [7, 11) is 1.44. The van der Waals surface area contributed by atoms with Crippen LogP contribution in [0, 0.1) is 5.92 Å². The summed E-state index contributed by atoms with van der Waals surface area (Å²) < 4.78 is 4.97. The Morgan fingerprint density at radius 2 is 1.70 bits per heavy atom. The molecule has 0 bridgehead atoms. The van der Waals surface area contributed by atoms with Crippen molar-refractivity contribution in [2.75, 3.05) is 20.2 Å². The summed E-state index contributed by atoms with van der Waals surface area (Å²) in [6.45, 7) is 3.03. The van der Waals surface area contributed by atoms with Gasteiger partial charge in [0.1, 0.15) is 6.04 Å². The maximum atomic E-state index is 12.3. The van der Waals surface area contributed by atoms with Crippen molar-refractivity contribution in [3.8, 4) is 0 Å². The van der Waals surface area contributed by atoms with Crippen LogP contribution in [0.3, 0.4) is 0 Å². The molecule has 1 rings (SSSR count). The number of halogens is 1. The number of hydrogen-bond acceptors (Lipinski definition) is 5. The van der Waals surface area contributed by atoms with E-state index >= 15 is 0 Å². The van der Waals surface area contributed by atoms with E-state index in [4.69, 9.17) is 16.3 Å². The first-order valence-corrected chi connectivity index (χ1v) is 8.81. The molecule has 27 heavy (non-hydrogen) atoms. The Hall–Kier alpha value is -2.61. The highest BCUT2D eigenvalue weighted by Gasteiger charge is 2.24. The quantitative estimate of drug-likeness (QED) is 0.535. The van der Waals surface area contributed by atoms with E-state index in [1.54, 1.807) is 24.3 Å². The fourth-order valence-electron chi connectivity index (χ4n) is 2.08. The van der Waals surface area contributed by atoms with Gasteiger partial charge in [-0.2, -0.15) is 0 Å². The van der Waals surface area contributed by atoms with Gasteiger partial charge in [-0.05, 0) is 36.6 Å². The topological polar surface area (TPSA) is 114 Å². The van der Waals surface area contributed by atoms with Crippen LogP contribution in [0.25, 0.3) is 0 Å². The predicted molar refractivity (Wildman–Crippen MR) is 100 cm³/mol. The molecule has 0 spiro atoms. The molecule has 0 fully saturated rings. The molecule has 0 heterocycles. The molecule has 0 saturated carbocycles. The van der Waals surface area contributed by atoms with Gasteiger partial charge in [-0.1, -0.05) is 25.4 Å². The zero-order valence-electron chi connectivity index (χ0n) is 15.5. The molecule has 0 aliphatic carbocycles. The lowest BCUT2D eigenvalue weighted by molar-refractivity contribution is -0.150. The highest BCUT2D eigenvalue weighted by molar-refractivity contribution is 6.30. The maximum Gasteiger partial charge on any atom is 0.329 e. The van der Waals surface area contributed by atoms with E-state index in [0.717, 1.165) is 0 Å². The third-order valence-electron chi connectivity index (χ3n) is 3.47. The lowest BCUT2D eigenvalue weighted by Gasteiger charge is -2.19. The van der Waals surface area contributed by atoms with Gasteiger partial charge in [-0.15, -0.1) is 0 Å². The molecule has 148 valence electrons. The van der Waals surface area contributed by atoms with E-state index in [1.165, 1.54) is 7.05 Å². The van der Waals surface area contributed by atoms with Crippen molar-refractivity contribution in [1.82, 2.24) is 16.0 Å². The smallest absolute Gasteiger partial charge is 0.329 e. The van der Waals surface area contributed by atoms with Gasteiger partial charge < -0.3 is 20.7 Å². The first-order valence-electron chi connectivity index (χ1n) is 8.43.